The minimum absolute atomic E-state index is 0.236. The van der Waals surface area contributed by atoms with Gasteiger partial charge >= 0.3 is 0 Å². The topological polar surface area (TPSA) is 102 Å². The zero-order valence-electron chi connectivity index (χ0n) is 10.6. The zero-order chi connectivity index (χ0) is 14.3. The number of aliphatic hydroxyl groups excluding tert-OH is 1. The van der Waals surface area contributed by atoms with Gasteiger partial charge in [0.05, 0.1) is 6.54 Å². The van der Waals surface area contributed by atoms with Crippen molar-refractivity contribution in [1.82, 2.24) is 0 Å². The minimum Gasteiger partial charge on any atom is -0.404 e. The van der Waals surface area contributed by atoms with E-state index in [1.165, 1.54) is 13.1 Å². The van der Waals surface area contributed by atoms with Crippen molar-refractivity contribution in [2.24, 2.45) is 10.7 Å². The Kier molecular flexibility index (Phi) is 5.69. The number of nitro groups is 1. The standard InChI is InChI=1S/C13H17N3O3/c1-10(16(18)19)13(17)12(7-14)9-15-8-11-5-3-2-4-6-11/h2-7,9-10,13,17H,8,14H2,1H3. The first-order valence-electron chi connectivity index (χ1n) is 5.83. The Morgan fingerprint density at radius 2 is 2.16 bits per heavy atom. The number of benzene rings is 1. The Bertz CT molecular complexity index is 471. The molecule has 0 aromatic heterocycles. The van der Waals surface area contributed by atoms with Gasteiger partial charge in [0.25, 0.3) is 0 Å². The van der Waals surface area contributed by atoms with Crippen LogP contribution in [0.15, 0.2) is 47.1 Å². The van der Waals surface area contributed by atoms with Crippen LogP contribution in [-0.4, -0.2) is 28.4 Å². The second-order valence-electron chi connectivity index (χ2n) is 4.09. The molecule has 0 amide bonds. The van der Waals surface area contributed by atoms with E-state index in [1.807, 2.05) is 30.3 Å². The fourth-order valence-electron chi connectivity index (χ4n) is 1.45. The number of nitrogens with zero attached hydrogens (tertiary/aromatic N) is 2. The lowest BCUT2D eigenvalue weighted by Crippen LogP contribution is -2.33. The molecule has 0 fully saturated rings. The number of nitrogens with two attached hydrogens (primary N) is 1. The van der Waals surface area contributed by atoms with Crippen molar-refractivity contribution in [3.8, 4) is 0 Å². The van der Waals surface area contributed by atoms with Crippen LogP contribution >= 0.6 is 0 Å². The average Bonchev–Trinajstić information content (AvgIpc) is 2.43. The van der Waals surface area contributed by atoms with Crippen molar-refractivity contribution in [2.75, 3.05) is 0 Å². The predicted octanol–water partition coefficient (Wildman–Crippen LogP) is 1.13. The molecule has 0 bridgehead atoms. The molecule has 2 unspecified atom stereocenters. The van der Waals surface area contributed by atoms with Gasteiger partial charge in [0.15, 0.2) is 0 Å². The van der Waals surface area contributed by atoms with Crippen LogP contribution in [0, 0.1) is 10.1 Å². The molecule has 0 saturated carbocycles. The lowest BCUT2D eigenvalue weighted by molar-refractivity contribution is -0.527. The third-order valence-electron chi connectivity index (χ3n) is 2.68. The molecule has 6 nitrogen and oxygen atoms in total. The Balaban J connectivity index is 2.65. The van der Waals surface area contributed by atoms with Gasteiger partial charge < -0.3 is 10.8 Å². The maximum atomic E-state index is 10.6. The van der Waals surface area contributed by atoms with E-state index >= 15 is 0 Å². The van der Waals surface area contributed by atoms with Crippen molar-refractivity contribution in [3.05, 3.63) is 57.8 Å². The molecule has 1 rings (SSSR count). The van der Waals surface area contributed by atoms with Crippen molar-refractivity contribution in [2.45, 2.75) is 25.6 Å². The maximum Gasteiger partial charge on any atom is 0.240 e. The van der Waals surface area contributed by atoms with Crippen LogP contribution in [0.4, 0.5) is 0 Å². The quantitative estimate of drug-likeness (QED) is 0.456. The number of hydrogen-bond donors (Lipinski definition) is 2. The molecule has 19 heavy (non-hydrogen) atoms. The lowest BCUT2D eigenvalue weighted by atomic mass is 10.1. The average molecular weight is 263 g/mol. The van der Waals surface area contributed by atoms with Crippen LogP contribution in [0.1, 0.15) is 12.5 Å². The van der Waals surface area contributed by atoms with Crippen molar-refractivity contribution < 1.29 is 10.0 Å². The minimum atomic E-state index is -1.26. The second kappa shape index (κ2) is 7.27. The van der Waals surface area contributed by atoms with Gasteiger partial charge in [-0.15, -0.1) is 0 Å². The van der Waals surface area contributed by atoms with E-state index in [1.54, 1.807) is 0 Å². The Morgan fingerprint density at radius 3 is 2.68 bits per heavy atom. The largest absolute Gasteiger partial charge is 0.404 e. The molecule has 1 aromatic carbocycles. The van der Waals surface area contributed by atoms with E-state index in [9.17, 15) is 15.2 Å². The van der Waals surface area contributed by atoms with E-state index in [0.717, 1.165) is 11.8 Å². The van der Waals surface area contributed by atoms with Crippen molar-refractivity contribution in [1.29, 1.82) is 0 Å². The van der Waals surface area contributed by atoms with E-state index in [0.29, 0.717) is 6.54 Å². The first-order valence-corrected chi connectivity index (χ1v) is 5.83. The smallest absolute Gasteiger partial charge is 0.240 e. The summed E-state index contributed by atoms with van der Waals surface area (Å²) in [5, 5.41) is 20.4. The van der Waals surface area contributed by atoms with Gasteiger partial charge in [-0.1, -0.05) is 30.3 Å². The fourth-order valence-corrected chi connectivity index (χ4v) is 1.45. The van der Waals surface area contributed by atoms with Crippen LogP contribution in [0.25, 0.3) is 0 Å². The van der Waals surface area contributed by atoms with E-state index in [4.69, 9.17) is 5.73 Å². The van der Waals surface area contributed by atoms with Crippen molar-refractivity contribution in [3.63, 3.8) is 0 Å². The summed E-state index contributed by atoms with van der Waals surface area (Å²) in [5.74, 6) is 0. The summed E-state index contributed by atoms with van der Waals surface area (Å²) in [5.41, 5.74) is 6.60. The van der Waals surface area contributed by atoms with Gasteiger partial charge in [-0.05, 0) is 5.56 Å². The summed E-state index contributed by atoms with van der Waals surface area (Å²) < 4.78 is 0. The van der Waals surface area contributed by atoms with Crippen LogP contribution in [0.2, 0.25) is 0 Å². The van der Waals surface area contributed by atoms with Gasteiger partial charge in [0.2, 0.25) is 6.04 Å². The molecule has 0 saturated heterocycles. The Labute approximate surface area is 111 Å². The summed E-state index contributed by atoms with van der Waals surface area (Å²) >= 11 is 0. The van der Waals surface area contributed by atoms with Crippen LogP contribution in [-0.2, 0) is 6.54 Å². The number of aliphatic imine (C=N–C) groups is 1. The third kappa shape index (κ3) is 4.51. The van der Waals surface area contributed by atoms with Gasteiger partial charge in [0.1, 0.15) is 6.10 Å². The van der Waals surface area contributed by atoms with Crippen molar-refractivity contribution >= 4 is 6.21 Å². The van der Waals surface area contributed by atoms with Gasteiger partial charge in [0, 0.05) is 29.8 Å². The molecule has 102 valence electrons. The summed E-state index contributed by atoms with van der Waals surface area (Å²) in [6.45, 7) is 1.75. The summed E-state index contributed by atoms with van der Waals surface area (Å²) in [6, 6.07) is 8.40. The van der Waals surface area contributed by atoms with Crippen LogP contribution < -0.4 is 5.73 Å². The monoisotopic (exact) mass is 263 g/mol. The van der Waals surface area contributed by atoms with E-state index < -0.39 is 17.1 Å². The van der Waals surface area contributed by atoms with Gasteiger partial charge in [-0.2, -0.15) is 0 Å². The van der Waals surface area contributed by atoms with Gasteiger partial charge in [-0.3, -0.25) is 15.1 Å². The fraction of sp³-hybridized carbons (Fsp3) is 0.308. The molecule has 1 aromatic rings. The van der Waals surface area contributed by atoms with E-state index in [-0.39, 0.29) is 5.57 Å². The van der Waals surface area contributed by atoms with Gasteiger partial charge in [-0.25, -0.2) is 0 Å². The molecule has 2 atom stereocenters. The highest BCUT2D eigenvalue weighted by Gasteiger charge is 2.26. The second-order valence-corrected chi connectivity index (χ2v) is 4.09. The van der Waals surface area contributed by atoms with E-state index in [2.05, 4.69) is 4.99 Å². The Hall–Kier alpha value is -2.21. The van der Waals surface area contributed by atoms with Crippen LogP contribution in [0.3, 0.4) is 0 Å². The predicted molar refractivity (Wildman–Crippen MR) is 73.4 cm³/mol. The Morgan fingerprint density at radius 1 is 1.53 bits per heavy atom. The highest BCUT2D eigenvalue weighted by Crippen LogP contribution is 2.07. The highest BCUT2D eigenvalue weighted by molar-refractivity contribution is 5.79. The highest BCUT2D eigenvalue weighted by atomic mass is 16.6. The molecule has 0 heterocycles. The molecular formula is C13H17N3O3. The normalized spacial score (nSPS) is 15.4. The first kappa shape index (κ1) is 14.8. The molecule has 0 aliphatic rings. The number of aliphatic hydroxyl groups is 1. The third-order valence-corrected chi connectivity index (χ3v) is 2.68. The molecule has 0 aliphatic heterocycles. The zero-order valence-corrected chi connectivity index (χ0v) is 10.6. The molecule has 0 aliphatic carbocycles. The SMILES string of the molecule is CC(C(O)C(C=NCc1ccccc1)=CN)[N+](=O)[O-]. The number of rotatable bonds is 6. The molecule has 6 heteroatoms. The molecule has 3 N–H and O–H groups in total. The summed E-state index contributed by atoms with van der Waals surface area (Å²) in [4.78, 5) is 14.2. The summed E-state index contributed by atoms with van der Waals surface area (Å²) in [6.07, 6.45) is 1.25. The molecular weight excluding hydrogens is 246 g/mol. The van der Waals surface area contributed by atoms with Crippen LogP contribution in [0.5, 0.6) is 0 Å². The summed E-state index contributed by atoms with van der Waals surface area (Å²) in [7, 11) is 0. The maximum absolute atomic E-state index is 10.6. The lowest BCUT2D eigenvalue weighted by Gasteiger charge is -2.12. The number of hydrogen-bond acceptors (Lipinski definition) is 5. The molecule has 0 radical (unpaired) electrons. The first-order chi connectivity index (χ1) is 9.06. The molecule has 0 spiro atoms.